The van der Waals surface area contributed by atoms with Gasteiger partial charge in [-0.3, -0.25) is 14.6 Å². The van der Waals surface area contributed by atoms with Gasteiger partial charge in [0.1, 0.15) is 0 Å². The topological polar surface area (TPSA) is 62.3 Å². The van der Waals surface area contributed by atoms with Crippen LogP contribution < -0.4 is 5.32 Å². The van der Waals surface area contributed by atoms with E-state index in [0.717, 1.165) is 18.5 Å². The van der Waals surface area contributed by atoms with Gasteiger partial charge in [0.2, 0.25) is 11.8 Å². The van der Waals surface area contributed by atoms with Gasteiger partial charge in [-0.25, -0.2) is 0 Å². The Labute approximate surface area is 143 Å². The summed E-state index contributed by atoms with van der Waals surface area (Å²) < 4.78 is 0. The Hall–Kier alpha value is -1.91. The van der Waals surface area contributed by atoms with Crippen molar-refractivity contribution in [3.8, 4) is 0 Å². The van der Waals surface area contributed by atoms with Crippen LogP contribution in [0.2, 0.25) is 0 Å². The average Bonchev–Trinajstić information content (AvgIpc) is 2.90. The molecule has 24 heavy (non-hydrogen) atoms. The van der Waals surface area contributed by atoms with Crippen molar-refractivity contribution in [1.82, 2.24) is 15.2 Å². The van der Waals surface area contributed by atoms with Crippen molar-refractivity contribution in [1.29, 1.82) is 0 Å². The van der Waals surface area contributed by atoms with E-state index in [0.29, 0.717) is 32.0 Å². The lowest BCUT2D eigenvalue weighted by Crippen LogP contribution is -2.49. The third-order valence-electron chi connectivity index (χ3n) is 5.25. The summed E-state index contributed by atoms with van der Waals surface area (Å²) in [6.07, 6.45) is 10.0. The van der Waals surface area contributed by atoms with Crippen LogP contribution in [0, 0.1) is 5.92 Å². The highest BCUT2D eigenvalue weighted by molar-refractivity contribution is 5.84. The number of aromatic nitrogens is 1. The first-order chi connectivity index (χ1) is 11.7. The van der Waals surface area contributed by atoms with E-state index in [9.17, 15) is 9.59 Å². The molecule has 2 heterocycles. The predicted molar refractivity (Wildman–Crippen MR) is 92.0 cm³/mol. The van der Waals surface area contributed by atoms with Gasteiger partial charge in [0.25, 0.3) is 0 Å². The Morgan fingerprint density at radius 2 is 1.96 bits per heavy atom. The van der Waals surface area contributed by atoms with E-state index in [2.05, 4.69) is 10.3 Å². The zero-order valence-corrected chi connectivity index (χ0v) is 14.2. The Morgan fingerprint density at radius 3 is 2.67 bits per heavy atom. The minimum absolute atomic E-state index is 0.0479. The van der Waals surface area contributed by atoms with Crippen molar-refractivity contribution in [2.24, 2.45) is 5.92 Å². The lowest BCUT2D eigenvalue weighted by atomic mass is 9.93. The second kappa shape index (κ2) is 8.27. The molecule has 1 aromatic heterocycles. The van der Waals surface area contributed by atoms with Crippen LogP contribution in [0.5, 0.6) is 0 Å². The lowest BCUT2D eigenvalue weighted by molar-refractivity contribution is -0.141. The first-order valence-corrected chi connectivity index (χ1v) is 9.21. The van der Waals surface area contributed by atoms with Gasteiger partial charge in [-0.05, 0) is 31.4 Å². The monoisotopic (exact) mass is 329 g/mol. The van der Waals surface area contributed by atoms with Crippen LogP contribution in [0.25, 0.3) is 0 Å². The summed E-state index contributed by atoms with van der Waals surface area (Å²) in [5.41, 5.74) is 0.860. The summed E-state index contributed by atoms with van der Waals surface area (Å²) in [5.74, 6) is 0.192. The first-order valence-electron chi connectivity index (χ1n) is 9.21. The Balaban J connectivity index is 1.55. The molecule has 1 saturated carbocycles. The molecule has 0 spiro atoms. The number of piperidine rings is 1. The fourth-order valence-corrected chi connectivity index (χ4v) is 3.83. The molecule has 130 valence electrons. The SMILES string of the molecule is O=C(NCc1ccccn1)[C@@H]1CCC(=O)N(C2CCCCCC2)C1. The molecule has 2 amide bonds. The zero-order chi connectivity index (χ0) is 16.8. The smallest absolute Gasteiger partial charge is 0.225 e. The molecule has 1 aliphatic carbocycles. The van der Waals surface area contributed by atoms with Gasteiger partial charge in [0.15, 0.2) is 0 Å². The number of hydrogen-bond donors (Lipinski definition) is 1. The van der Waals surface area contributed by atoms with Crippen LogP contribution in [-0.4, -0.2) is 34.3 Å². The predicted octanol–water partition coefficient (Wildman–Crippen LogP) is 2.66. The second-order valence-electron chi connectivity index (χ2n) is 6.97. The molecule has 1 saturated heterocycles. The van der Waals surface area contributed by atoms with E-state index in [4.69, 9.17) is 0 Å². The molecule has 1 aliphatic heterocycles. The van der Waals surface area contributed by atoms with Gasteiger partial charge in [0.05, 0.1) is 18.2 Å². The maximum Gasteiger partial charge on any atom is 0.225 e. The summed E-state index contributed by atoms with van der Waals surface area (Å²) in [6.45, 7) is 1.03. The number of nitrogens with one attached hydrogen (secondary N) is 1. The number of carbonyl (C=O) groups excluding carboxylic acids is 2. The van der Waals surface area contributed by atoms with Gasteiger partial charge in [-0.1, -0.05) is 31.7 Å². The number of likely N-dealkylation sites (tertiary alicyclic amines) is 1. The van der Waals surface area contributed by atoms with E-state index >= 15 is 0 Å². The number of nitrogens with zero attached hydrogens (tertiary/aromatic N) is 2. The summed E-state index contributed by atoms with van der Waals surface area (Å²) in [6, 6.07) is 6.03. The van der Waals surface area contributed by atoms with Crippen molar-refractivity contribution >= 4 is 11.8 Å². The molecule has 1 atom stereocenters. The quantitative estimate of drug-likeness (QED) is 0.864. The molecular formula is C19H27N3O2. The minimum atomic E-state index is -0.0883. The molecule has 0 bridgehead atoms. The number of rotatable bonds is 4. The van der Waals surface area contributed by atoms with Crippen LogP contribution in [0.1, 0.15) is 57.1 Å². The van der Waals surface area contributed by atoms with Crippen LogP contribution in [0.3, 0.4) is 0 Å². The maximum absolute atomic E-state index is 12.5. The molecular weight excluding hydrogens is 302 g/mol. The van der Waals surface area contributed by atoms with E-state index in [1.807, 2.05) is 23.1 Å². The number of carbonyl (C=O) groups is 2. The Kier molecular flexibility index (Phi) is 5.83. The Morgan fingerprint density at radius 1 is 1.17 bits per heavy atom. The Bertz CT molecular complexity index is 553. The van der Waals surface area contributed by atoms with Crippen LogP contribution in [-0.2, 0) is 16.1 Å². The summed E-state index contributed by atoms with van der Waals surface area (Å²) in [7, 11) is 0. The van der Waals surface area contributed by atoms with Crippen LogP contribution in [0.4, 0.5) is 0 Å². The maximum atomic E-state index is 12.5. The van der Waals surface area contributed by atoms with Crippen molar-refractivity contribution in [2.75, 3.05) is 6.54 Å². The van der Waals surface area contributed by atoms with Gasteiger partial charge in [-0.15, -0.1) is 0 Å². The van der Waals surface area contributed by atoms with Crippen molar-refractivity contribution in [3.63, 3.8) is 0 Å². The molecule has 0 radical (unpaired) electrons. The molecule has 0 unspecified atom stereocenters. The molecule has 2 aliphatic rings. The normalized spacial score (nSPS) is 22.9. The van der Waals surface area contributed by atoms with Crippen molar-refractivity contribution < 1.29 is 9.59 Å². The fraction of sp³-hybridized carbons (Fsp3) is 0.632. The van der Waals surface area contributed by atoms with E-state index < -0.39 is 0 Å². The third-order valence-corrected chi connectivity index (χ3v) is 5.25. The van der Waals surface area contributed by atoms with Crippen LogP contribution >= 0.6 is 0 Å². The highest BCUT2D eigenvalue weighted by Crippen LogP contribution is 2.27. The van der Waals surface area contributed by atoms with Gasteiger partial charge in [-0.2, -0.15) is 0 Å². The minimum Gasteiger partial charge on any atom is -0.350 e. The number of amides is 2. The van der Waals surface area contributed by atoms with Crippen LogP contribution in [0.15, 0.2) is 24.4 Å². The van der Waals surface area contributed by atoms with E-state index in [1.54, 1.807) is 6.20 Å². The van der Waals surface area contributed by atoms with Gasteiger partial charge >= 0.3 is 0 Å². The van der Waals surface area contributed by atoms with Crippen molar-refractivity contribution in [3.05, 3.63) is 30.1 Å². The zero-order valence-electron chi connectivity index (χ0n) is 14.2. The molecule has 2 fully saturated rings. The summed E-state index contributed by atoms with van der Waals surface area (Å²) in [4.78, 5) is 31.1. The van der Waals surface area contributed by atoms with Gasteiger partial charge in [0, 0.05) is 25.2 Å². The van der Waals surface area contributed by atoms with E-state index in [1.165, 1.54) is 25.7 Å². The molecule has 5 heteroatoms. The second-order valence-corrected chi connectivity index (χ2v) is 6.97. The molecule has 1 N–H and O–H groups in total. The standard InChI is InChI=1S/C19H27N3O2/c23-18-11-10-15(14-22(18)17-8-3-1-2-4-9-17)19(24)21-13-16-7-5-6-12-20-16/h5-7,12,15,17H,1-4,8-11,13-14H2,(H,21,24)/t15-/m1/s1. The molecule has 5 nitrogen and oxygen atoms in total. The number of pyridine rings is 1. The summed E-state index contributed by atoms with van der Waals surface area (Å²) in [5, 5.41) is 2.98. The van der Waals surface area contributed by atoms with Crippen molar-refractivity contribution in [2.45, 2.75) is 64.0 Å². The largest absolute Gasteiger partial charge is 0.350 e. The lowest BCUT2D eigenvalue weighted by Gasteiger charge is -2.37. The third kappa shape index (κ3) is 4.34. The fourth-order valence-electron chi connectivity index (χ4n) is 3.83. The highest BCUT2D eigenvalue weighted by Gasteiger charge is 2.34. The number of hydrogen-bond acceptors (Lipinski definition) is 3. The average molecular weight is 329 g/mol. The molecule has 1 aromatic rings. The van der Waals surface area contributed by atoms with Gasteiger partial charge < -0.3 is 10.2 Å². The first kappa shape index (κ1) is 16.9. The van der Waals surface area contributed by atoms with E-state index in [-0.39, 0.29) is 17.7 Å². The summed E-state index contributed by atoms with van der Waals surface area (Å²) >= 11 is 0. The molecule has 0 aromatic carbocycles. The highest BCUT2D eigenvalue weighted by atomic mass is 16.2. The molecule has 3 rings (SSSR count).